The van der Waals surface area contributed by atoms with Crippen molar-refractivity contribution < 1.29 is 14.3 Å². The summed E-state index contributed by atoms with van der Waals surface area (Å²) >= 11 is 0. The summed E-state index contributed by atoms with van der Waals surface area (Å²) in [5.74, 6) is -0.198. The third-order valence-corrected chi connectivity index (χ3v) is 5.15. The number of ether oxygens (including phenoxy) is 2. The molecule has 1 aliphatic rings. The lowest BCUT2D eigenvalue weighted by molar-refractivity contribution is -0.142. The van der Waals surface area contributed by atoms with Crippen LogP contribution in [0.1, 0.15) is 37.4 Å². The molecule has 0 amide bonds. The molecule has 2 aromatic carbocycles. The fourth-order valence-electron chi connectivity index (χ4n) is 3.54. The molecular formula is C22H27NO3. The monoisotopic (exact) mass is 353 g/mol. The number of nitrogens with zero attached hydrogens (tertiary/aromatic N) is 1. The zero-order chi connectivity index (χ0) is 18.5. The van der Waals surface area contributed by atoms with Crippen molar-refractivity contribution in [2.24, 2.45) is 0 Å². The van der Waals surface area contributed by atoms with Gasteiger partial charge >= 0.3 is 5.97 Å². The Kier molecular flexibility index (Phi) is 6.07. The fraction of sp³-hybridized carbons (Fsp3) is 0.409. The first-order valence-corrected chi connectivity index (χ1v) is 9.17. The molecule has 1 saturated heterocycles. The molecule has 4 heteroatoms. The SMILES string of the molecule is COC(=O)C[C@@H]([C@H]1O[C@H]1C)N(Cc1ccccc1)[C@H](C)c1ccccc1. The van der Waals surface area contributed by atoms with Gasteiger partial charge in [0.05, 0.1) is 25.7 Å². The maximum atomic E-state index is 12.1. The number of methoxy groups -OCH3 is 1. The molecule has 0 saturated carbocycles. The van der Waals surface area contributed by atoms with Gasteiger partial charge in [-0.1, -0.05) is 60.7 Å². The van der Waals surface area contributed by atoms with Crippen molar-refractivity contribution in [1.29, 1.82) is 0 Å². The van der Waals surface area contributed by atoms with Gasteiger partial charge in [0, 0.05) is 18.6 Å². The van der Waals surface area contributed by atoms with E-state index in [4.69, 9.17) is 9.47 Å². The van der Waals surface area contributed by atoms with Crippen molar-refractivity contribution in [3.8, 4) is 0 Å². The normalized spacial score (nSPS) is 21.2. The molecule has 4 nitrogen and oxygen atoms in total. The molecule has 3 rings (SSSR count). The molecule has 138 valence electrons. The molecular weight excluding hydrogens is 326 g/mol. The van der Waals surface area contributed by atoms with Crippen LogP contribution in [0.25, 0.3) is 0 Å². The van der Waals surface area contributed by atoms with Crippen molar-refractivity contribution in [3.63, 3.8) is 0 Å². The van der Waals surface area contributed by atoms with Crippen molar-refractivity contribution in [3.05, 3.63) is 71.8 Å². The van der Waals surface area contributed by atoms with E-state index in [1.54, 1.807) is 0 Å². The van der Waals surface area contributed by atoms with Gasteiger partial charge < -0.3 is 9.47 Å². The number of rotatable bonds is 8. The predicted molar refractivity (Wildman–Crippen MR) is 102 cm³/mol. The Morgan fingerprint density at radius 3 is 2.23 bits per heavy atom. The molecule has 26 heavy (non-hydrogen) atoms. The van der Waals surface area contributed by atoms with Gasteiger partial charge in [-0.2, -0.15) is 0 Å². The van der Waals surface area contributed by atoms with Crippen LogP contribution in [-0.2, 0) is 20.8 Å². The number of benzene rings is 2. The Labute approximate surface area is 155 Å². The van der Waals surface area contributed by atoms with Crippen LogP contribution in [0.2, 0.25) is 0 Å². The minimum Gasteiger partial charge on any atom is -0.469 e. The summed E-state index contributed by atoms with van der Waals surface area (Å²) in [7, 11) is 1.44. The zero-order valence-corrected chi connectivity index (χ0v) is 15.7. The minimum absolute atomic E-state index is 0.0205. The van der Waals surface area contributed by atoms with E-state index in [1.807, 2.05) is 24.3 Å². The largest absolute Gasteiger partial charge is 0.469 e. The summed E-state index contributed by atoms with van der Waals surface area (Å²) in [5.41, 5.74) is 2.45. The van der Waals surface area contributed by atoms with Crippen LogP contribution in [0.5, 0.6) is 0 Å². The summed E-state index contributed by atoms with van der Waals surface area (Å²) in [4.78, 5) is 14.4. The summed E-state index contributed by atoms with van der Waals surface area (Å²) in [6, 6.07) is 20.9. The Bertz CT molecular complexity index is 704. The van der Waals surface area contributed by atoms with Crippen molar-refractivity contribution in [2.75, 3.05) is 7.11 Å². The molecule has 1 heterocycles. The van der Waals surface area contributed by atoms with Gasteiger partial charge in [0.2, 0.25) is 0 Å². The first-order valence-electron chi connectivity index (χ1n) is 9.17. The van der Waals surface area contributed by atoms with E-state index in [9.17, 15) is 4.79 Å². The van der Waals surface area contributed by atoms with E-state index in [2.05, 4.69) is 55.1 Å². The summed E-state index contributed by atoms with van der Waals surface area (Å²) < 4.78 is 10.7. The van der Waals surface area contributed by atoms with Crippen molar-refractivity contribution in [2.45, 2.75) is 51.1 Å². The average Bonchev–Trinajstić information content (AvgIpc) is 3.41. The highest BCUT2D eigenvalue weighted by Crippen LogP contribution is 2.35. The van der Waals surface area contributed by atoms with E-state index >= 15 is 0 Å². The lowest BCUT2D eigenvalue weighted by atomic mass is 9.99. The second kappa shape index (κ2) is 8.47. The molecule has 1 aliphatic heterocycles. The van der Waals surface area contributed by atoms with Crippen LogP contribution >= 0.6 is 0 Å². The number of carbonyl (C=O) groups is 1. The van der Waals surface area contributed by atoms with Crippen LogP contribution in [-0.4, -0.2) is 36.2 Å². The van der Waals surface area contributed by atoms with Crippen LogP contribution < -0.4 is 0 Å². The first-order chi connectivity index (χ1) is 12.6. The maximum absolute atomic E-state index is 12.1. The Morgan fingerprint density at radius 2 is 1.69 bits per heavy atom. The predicted octanol–water partition coefficient (Wildman–Crippen LogP) is 3.97. The van der Waals surface area contributed by atoms with Crippen LogP contribution in [0, 0.1) is 0 Å². The van der Waals surface area contributed by atoms with Crippen molar-refractivity contribution >= 4 is 5.97 Å². The van der Waals surface area contributed by atoms with Gasteiger partial charge in [-0.15, -0.1) is 0 Å². The highest BCUT2D eigenvalue weighted by Gasteiger charge is 2.46. The molecule has 1 fully saturated rings. The van der Waals surface area contributed by atoms with Crippen LogP contribution in [0.3, 0.4) is 0 Å². The number of epoxide rings is 1. The standard InChI is InChI=1S/C22H27NO3/c1-16(19-12-8-5-9-13-19)23(15-18-10-6-4-7-11-18)20(14-21(24)25-3)22-17(2)26-22/h4-13,16-17,20,22H,14-15H2,1-3H3/t16-,17+,20+,22+/m1/s1. The van der Waals surface area contributed by atoms with Crippen LogP contribution in [0.4, 0.5) is 0 Å². The molecule has 2 aromatic rings. The average molecular weight is 353 g/mol. The maximum Gasteiger partial charge on any atom is 0.307 e. The molecule has 0 bridgehead atoms. The van der Waals surface area contributed by atoms with Gasteiger partial charge in [0.1, 0.15) is 0 Å². The lowest BCUT2D eigenvalue weighted by Gasteiger charge is -2.36. The molecule has 0 spiro atoms. The highest BCUT2D eigenvalue weighted by atomic mass is 16.6. The number of hydrogen-bond acceptors (Lipinski definition) is 4. The van der Waals surface area contributed by atoms with Gasteiger partial charge in [0.25, 0.3) is 0 Å². The third-order valence-electron chi connectivity index (χ3n) is 5.15. The van der Waals surface area contributed by atoms with E-state index in [0.717, 1.165) is 6.54 Å². The number of hydrogen-bond donors (Lipinski definition) is 0. The number of esters is 1. The number of carbonyl (C=O) groups excluding carboxylic acids is 1. The second-order valence-corrected chi connectivity index (χ2v) is 6.90. The molecule has 0 aromatic heterocycles. The third kappa shape index (κ3) is 4.51. The zero-order valence-electron chi connectivity index (χ0n) is 15.7. The summed E-state index contributed by atoms with van der Waals surface area (Å²) in [5, 5.41) is 0. The first kappa shape index (κ1) is 18.6. The van der Waals surface area contributed by atoms with Gasteiger partial charge in [-0.25, -0.2) is 0 Å². The molecule has 4 atom stereocenters. The van der Waals surface area contributed by atoms with Crippen molar-refractivity contribution in [1.82, 2.24) is 4.90 Å². The second-order valence-electron chi connectivity index (χ2n) is 6.90. The topological polar surface area (TPSA) is 42.1 Å². The molecule has 0 N–H and O–H groups in total. The van der Waals surface area contributed by atoms with E-state index in [1.165, 1.54) is 18.2 Å². The fourth-order valence-corrected chi connectivity index (χ4v) is 3.54. The van der Waals surface area contributed by atoms with Gasteiger partial charge in [0.15, 0.2) is 0 Å². The Balaban J connectivity index is 1.90. The molecule has 0 radical (unpaired) electrons. The summed E-state index contributed by atoms with van der Waals surface area (Å²) in [6.07, 6.45) is 0.560. The highest BCUT2D eigenvalue weighted by molar-refractivity contribution is 5.70. The van der Waals surface area contributed by atoms with E-state index in [-0.39, 0.29) is 30.3 Å². The Hall–Kier alpha value is -2.17. The Morgan fingerprint density at radius 1 is 1.12 bits per heavy atom. The smallest absolute Gasteiger partial charge is 0.307 e. The van der Waals surface area contributed by atoms with Gasteiger partial charge in [-0.05, 0) is 25.0 Å². The molecule has 0 aliphatic carbocycles. The minimum atomic E-state index is -0.198. The van der Waals surface area contributed by atoms with Gasteiger partial charge in [-0.3, -0.25) is 9.69 Å². The van der Waals surface area contributed by atoms with Crippen LogP contribution in [0.15, 0.2) is 60.7 Å². The molecule has 0 unspecified atom stereocenters. The quantitative estimate of drug-likeness (QED) is 0.532. The summed E-state index contributed by atoms with van der Waals surface area (Å²) in [6.45, 7) is 5.00. The van der Waals surface area contributed by atoms with E-state index in [0.29, 0.717) is 6.42 Å². The lowest BCUT2D eigenvalue weighted by Crippen LogP contribution is -2.42. The van der Waals surface area contributed by atoms with E-state index < -0.39 is 0 Å².